The molecule has 0 unspecified atom stereocenters. The summed E-state index contributed by atoms with van der Waals surface area (Å²) in [7, 11) is -3.81. The van der Waals surface area contributed by atoms with E-state index in [-0.39, 0.29) is 42.6 Å². The number of carbonyl (C=O) groups excluding carboxylic acids is 1. The Morgan fingerprint density at radius 2 is 1.62 bits per heavy atom. The second-order valence-corrected chi connectivity index (χ2v) is 14.2. The zero-order valence-corrected chi connectivity index (χ0v) is 24.0. The quantitative estimate of drug-likeness (QED) is 0.503. The molecule has 1 saturated carbocycles. The smallest absolute Gasteiger partial charge is 0.258 e. The Bertz CT molecular complexity index is 1390. The number of hydrogen-bond donors (Lipinski definition) is 2. The molecule has 1 aromatic carbocycles. The third-order valence-electron chi connectivity index (χ3n) is 8.10. The van der Waals surface area contributed by atoms with E-state index in [0.717, 1.165) is 12.8 Å². The van der Waals surface area contributed by atoms with Crippen molar-refractivity contribution < 1.29 is 27.1 Å². The maximum atomic E-state index is 13.7. The van der Waals surface area contributed by atoms with Gasteiger partial charge in [-0.15, -0.1) is 0 Å². The van der Waals surface area contributed by atoms with Gasteiger partial charge in [-0.25, -0.2) is 22.2 Å². The fourth-order valence-corrected chi connectivity index (χ4v) is 7.24. The van der Waals surface area contributed by atoms with Gasteiger partial charge in [-0.05, 0) is 70.1 Å². The maximum Gasteiger partial charge on any atom is 0.258 e. The predicted molar refractivity (Wildman–Crippen MR) is 149 cm³/mol. The lowest BCUT2D eigenvalue weighted by Gasteiger charge is -2.35. The van der Waals surface area contributed by atoms with Gasteiger partial charge < -0.3 is 20.2 Å². The number of carbonyl (C=O) groups is 1. The summed E-state index contributed by atoms with van der Waals surface area (Å²) in [4.78, 5) is 26.2. The fourth-order valence-electron chi connectivity index (χ4n) is 5.58. The second-order valence-electron chi connectivity index (χ2n) is 12.2. The van der Waals surface area contributed by atoms with Gasteiger partial charge in [0, 0.05) is 50.8 Å². The molecule has 9 nitrogen and oxygen atoms in total. The molecule has 1 aromatic heterocycles. The van der Waals surface area contributed by atoms with E-state index in [1.807, 2.05) is 0 Å². The standard InChI is InChI=1S/C28H37F2N5O4S/c1-19-16-23(33-25(31-19)35-14-10-28(29,30)11-15-35)32-24(36)21-5-4-20(40(38,39)18-26(2,3)37)17-22(21)34-12-8-27(6-7-27)9-13-34/h4-5,16-17,37H,6-15,18H2,1-3H3,(H,31,32,33,36). The maximum absolute atomic E-state index is 13.7. The number of amides is 1. The molecule has 0 bridgehead atoms. The highest BCUT2D eigenvalue weighted by atomic mass is 32.2. The van der Waals surface area contributed by atoms with E-state index in [0.29, 0.717) is 35.4 Å². The molecule has 1 aliphatic carbocycles. The van der Waals surface area contributed by atoms with E-state index in [1.165, 1.54) is 44.9 Å². The molecule has 3 fully saturated rings. The highest BCUT2D eigenvalue weighted by molar-refractivity contribution is 7.91. The average Bonchev–Trinajstić information content (AvgIpc) is 3.61. The van der Waals surface area contributed by atoms with Crippen molar-refractivity contribution in [3.63, 3.8) is 0 Å². The van der Waals surface area contributed by atoms with Crippen LogP contribution in [-0.4, -0.2) is 72.9 Å². The Hall–Kier alpha value is -2.86. The van der Waals surface area contributed by atoms with Crippen LogP contribution in [0.4, 0.5) is 26.2 Å². The summed E-state index contributed by atoms with van der Waals surface area (Å²) in [5.41, 5.74) is 0.387. The Morgan fingerprint density at radius 1 is 1.00 bits per heavy atom. The number of anilines is 3. The van der Waals surface area contributed by atoms with Gasteiger partial charge in [-0.2, -0.15) is 4.98 Å². The molecule has 1 spiro atoms. The molecule has 40 heavy (non-hydrogen) atoms. The van der Waals surface area contributed by atoms with Gasteiger partial charge in [0.1, 0.15) is 5.82 Å². The van der Waals surface area contributed by atoms with Gasteiger partial charge in [0.25, 0.3) is 11.8 Å². The number of benzene rings is 1. The van der Waals surface area contributed by atoms with Crippen LogP contribution in [0.3, 0.4) is 0 Å². The minimum atomic E-state index is -3.81. The highest BCUT2D eigenvalue weighted by Crippen LogP contribution is 2.54. The summed E-state index contributed by atoms with van der Waals surface area (Å²) in [6.45, 7) is 6.29. The highest BCUT2D eigenvalue weighted by Gasteiger charge is 2.45. The monoisotopic (exact) mass is 577 g/mol. The van der Waals surface area contributed by atoms with E-state index in [4.69, 9.17) is 0 Å². The van der Waals surface area contributed by atoms with E-state index in [1.54, 1.807) is 17.9 Å². The van der Waals surface area contributed by atoms with E-state index in [2.05, 4.69) is 20.2 Å². The SMILES string of the molecule is Cc1cc(NC(=O)c2ccc(S(=O)(=O)CC(C)(C)O)cc2N2CCC3(CC2)CC3)nc(N2CCC(F)(F)CC2)n1. The summed E-state index contributed by atoms with van der Waals surface area (Å²) in [6.07, 6.45) is 3.82. The molecular formula is C28H37F2N5O4S. The Morgan fingerprint density at radius 3 is 2.23 bits per heavy atom. The Labute approximate surface area is 233 Å². The van der Waals surface area contributed by atoms with Crippen LogP contribution in [0.1, 0.15) is 68.4 Å². The van der Waals surface area contributed by atoms with Crippen molar-refractivity contribution in [3.8, 4) is 0 Å². The average molecular weight is 578 g/mol. The van der Waals surface area contributed by atoms with Gasteiger partial charge in [0.15, 0.2) is 9.84 Å². The van der Waals surface area contributed by atoms with Crippen LogP contribution < -0.4 is 15.1 Å². The number of alkyl halides is 2. The van der Waals surface area contributed by atoms with Crippen molar-refractivity contribution in [2.75, 3.05) is 47.0 Å². The number of nitrogens with one attached hydrogen (secondary N) is 1. The molecule has 0 atom stereocenters. The minimum Gasteiger partial charge on any atom is -0.389 e. The second kappa shape index (κ2) is 10.2. The fraction of sp³-hybridized carbons (Fsp3) is 0.607. The number of aryl methyl sites for hydroxylation is 1. The lowest BCUT2D eigenvalue weighted by molar-refractivity contribution is -0.0222. The molecule has 2 N–H and O–H groups in total. The van der Waals surface area contributed by atoms with Crippen LogP contribution in [0, 0.1) is 12.3 Å². The van der Waals surface area contributed by atoms with Crippen LogP contribution in [-0.2, 0) is 9.84 Å². The van der Waals surface area contributed by atoms with Crippen LogP contribution >= 0.6 is 0 Å². The van der Waals surface area contributed by atoms with Crippen LogP contribution in [0.25, 0.3) is 0 Å². The zero-order valence-electron chi connectivity index (χ0n) is 23.2. The van der Waals surface area contributed by atoms with Gasteiger partial charge in [0.05, 0.1) is 27.5 Å². The van der Waals surface area contributed by atoms with E-state index >= 15 is 0 Å². The van der Waals surface area contributed by atoms with Crippen molar-refractivity contribution in [1.29, 1.82) is 0 Å². The third kappa shape index (κ3) is 6.54. The molecule has 5 rings (SSSR count). The molecule has 12 heteroatoms. The van der Waals surface area contributed by atoms with Gasteiger partial charge in [0.2, 0.25) is 5.95 Å². The van der Waals surface area contributed by atoms with Gasteiger partial charge in [-0.1, -0.05) is 0 Å². The molecule has 2 aromatic rings. The topological polar surface area (TPSA) is 116 Å². The number of nitrogens with zero attached hydrogens (tertiary/aromatic N) is 4. The summed E-state index contributed by atoms with van der Waals surface area (Å²) < 4.78 is 53.5. The summed E-state index contributed by atoms with van der Waals surface area (Å²) in [5, 5.41) is 13.0. The lowest BCUT2D eigenvalue weighted by atomic mass is 9.93. The summed E-state index contributed by atoms with van der Waals surface area (Å²) in [6, 6.07) is 6.05. The number of halogens is 2. The first-order valence-corrected chi connectivity index (χ1v) is 15.4. The number of piperidine rings is 2. The molecule has 3 heterocycles. The van der Waals surface area contributed by atoms with Gasteiger partial charge in [-0.3, -0.25) is 4.79 Å². The molecule has 2 saturated heterocycles. The Kier molecular flexibility index (Phi) is 7.31. The summed E-state index contributed by atoms with van der Waals surface area (Å²) in [5.74, 6) is -3.08. The van der Waals surface area contributed by atoms with Crippen molar-refractivity contribution in [2.24, 2.45) is 5.41 Å². The first-order valence-electron chi connectivity index (χ1n) is 13.8. The number of aliphatic hydroxyl groups is 1. The molecular weight excluding hydrogens is 540 g/mol. The molecule has 2 aliphatic heterocycles. The van der Waals surface area contributed by atoms with E-state index in [9.17, 15) is 27.1 Å². The number of sulfone groups is 1. The summed E-state index contributed by atoms with van der Waals surface area (Å²) >= 11 is 0. The first kappa shape index (κ1) is 28.7. The zero-order chi connectivity index (χ0) is 28.9. The molecule has 1 amide bonds. The number of rotatable bonds is 7. The van der Waals surface area contributed by atoms with Crippen LogP contribution in [0.2, 0.25) is 0 Å². The van der Waals surface area contributed by atoms with Crippen molar-refractivity contribution in [1.82, 2.24) is 9.97 Å². The van der Waals surface area contributed by atoms with Crippen molar-refractivity contribution >= 4 is 33.2 Å². The third-order valence-corrected chi connectivity index (χ3v) is 10.2. The molecule has 3 aliphatic rings. The Balaban J connectivity index is 1.42. The largest absolute Gasteiger partial charge is 0.389 e. The van der Waals surface area contributed by atoms with E-state index < -0.39 is 33.0 Å². The van der Waals surface area contributed by atoms with Gasteiger partial charge >= 0.3 is 0 Å². The first-order chi connectivity index (χ1) is 18.6. The van der Waals surface area contributed by atoms with Crippen LogP contribution in [0.5, 0.6) is 0 Å². The van der Waals surface area contributed by atoms with Crippen molar-refractivity contribution in [2.45, 2.75) is 75.7 Å². The van der Waals surface area contributed by atoms with Crippen LogP contribution in [0.15, 0.2) is 29.2 Å². The molecule has 0 radical (unpaired) electrons. The minimum absolute atomic E-state index is 0.0509. The molecule has 218 valence electrons. The number of hydrogen-bond acceptors (Lipinski definition) is 8. The lowest BCUT2D eigenvalue weighted by Crippen LogP contribution is -2.40. The van der Waals surface area contributed by atoms with Crippen molar-refractivity contribution in [3.05, 3.63) is 35.5 Å². The normalized spacial score (nSPS) is 20.4. The predicted octanol–water partition coefficient (Wildman–Crippen LogP) is 4.20. The number of aromatic nitrogens is 2.